The van der Waals surface area contributed by atoms with E-state index in [4.69, 9.17) is 9.84 Å². The van der Waals surface area contributed by atoms with Crippen molar-refractivity contribution in [1.29, 1.82) is 0 Å². The van der Waals surface area contributed by atoms with Crippen molar-refractivity contribution in [2.24, 2.45) is 0 Å². The SMILES string of the molecule is O=C(O)c1ccc(F)c(-c2ccc(OC3CC3)cc2)c1. The van der Waals surface area contributed by atoms with Crippen molar-refractivity contribution >= 4 is 5.97 Å². The molecule has 0 amide bonds. The lowest BCUT2D eigenvalue weighted by Crippen LogP contribution is -1.98. The molecule has 0 atom stereocenters. The molecule has 0 aromatic heterocycles. The second-order valence-corrected chi connectivity index (χ2v) is 4.84. The fourth-order valence-corrected chi connectivity index (χ4v) is 1.97. The van der Waals surface area contributed by atoms with Crippen molar-refractivity contribution < 1.29 is 19.0 Å². The van der Waals surface area contributed by atoms with Gasteiger partial charge in [-0.05, 0) is 48.7 Å². The molecule has 3 rings (SSSR count). The average Bonchev–Trinajstić information content (AvgIpc) is 3.24. The number of halogens is 1. The molecule has 1 saturated carbocycles. The monoisotopic (exact) mass is 272 g/mol. The molecule has 1 N–H and O–H groups in total. The molecule has 0 radical (unpaired) electrons. The lowest BCUT2D eigenvalue weighted by Gasteiger charge is -2.07. The lowest BCUT2D eigenvalue weighted by atomic mass is 10.0. The first kappa shape index (κ1) is 12.7. The summed E-state index contributed by atoms with van der Waals surface area (Å²) >= 11 is 0. The van der Waals surface area contributed by atoms with Crippen molar-refractivity contribution in [1.82, 2.24) is 0 Å². The summed E-state index contributed by atoms with van der Waals surface area (Å²) in [5, 5.41) is 8.95. The van der Waals surface area contributed by atoms with Crippen LogP contribution in [-0.2, 0) is 0 Å². The summed E-state index contributed by atoms with van der Waals surface area (Å²) in [4.78, 5) is 10.9. The van der Waals surface area contributed by atoms with Gasteiger partial charge in [-0.2, -0.15) is 0 Å². The van der Waals surface area contributed by atoms with Crippen molar-refractivity contribution in [3.63, 3.8) is 0 Å². The first-order valence-corrected chi connectivity index (χ1v) is 6.43. The molecule has 0 bridgehead atoms. The zero-order valence-corrected chi connectivity index (χ0v) is 10.7. The number of carboxylic acid groups (broad SMARTS) is 1. The Hall–Kier alpha value is -2.36. The average molecular weight is 272 g/mol. The van der Waals surface area contributed by atoms with Crippen LogP contribution in [0.25, 0.3) is 11.1 Å². The minimum absolute atomic E-state index is 0.0692. The Balaban J connectivity index is 1.90. The van der Waals surface area contributed by atoms with Crippen LogP contribution < -0.4 is 4.74 Å². The van der Waals surface area contributed by atoms with Gasteiger partial charge in [-0.1, -0.05) is 12.1 Å². The van der Waals surface area contributed by atoms with Crippen LogP contribution in [0.5, 0.6) is 5.75 Å². The van der Waals surface area contributed by atoms with Gasteiger partial charge in [0.1, 0.15) is 11.6 Å². The van der Waals surface area contributed by atoms with Gasteiger partial charge in [0.15, 0.2) is 0 Å². The number of hydrogen-bond acceptors (Lipinski definition) is 2. The number of aromatic carboxylic acids is 1. The van der Waals surface area contributed by atoms with Crippen LogP contribution in [0.4, 0.5) is 4.39 Å². The second kappa shape index (κ2) is 4.96. The van der Waals surface area contributed by atoms with Gasteiger partial charge in [-0.15, -0.1) is 0 Å². The van der Waals surface area contributed by atoms with Crippen LogP contribution in [0.15, 0.2) is 42.5 Å². The largest absolute Gasteiger partial charge is 0.490 e. The van der Waals surface area contributed by atoms with Crippen LogP contribution in [0.3, 0.4) is 0 Å². The molecule has 1 aliphatic carbocycles. The molecule has 0 saturated heterocycles. The van der Waals surface area contributed by atoms with Gasteiger partial charge in [0.05, 0.1) is 11.7 Å². The quantitative estimate of drug-likeness (QED) is 0.922. The summed E-state index contributed by atoms with van der Waals surface area (Å²) in [6.07, 6.45) is 2.47. The van der Waals surface area contributed by atoms with Crippen LogP contribution in [0, 0.1) is 5.82 Å². The van der Waals surface area contributed by atoms with Crippen LogP contribution in [-0.4, -0.2) is 17.2 Å². The molecule has 2 aromatic rings. The highest BCUT2D eigenvalue weighted by molar-refractivity contribution is 5.89. The molecule has 1 aliphatic rings. The van der Waals surface area contributed by atoms with E-state index in [0.717, 1.165) is 18.6 Å². The Labute approximate surface area is 115 Å². The number of ether oxygens (including phenoxy) is 1. The van der Waals surface area contributed by atoms with Crippen molar-refractivity contribution in [3.8, 4) is 16.9 Å². The molecule has 1 fully saturated rings. The zero-order valence-electron chi connectivity index (χ0n) is 10.7. The molecule has 0 unspecified atom stereocenters. The van der Waals surface area contributed by atoms with E-state index >= 15 is 0 Å². The van der Waals surface area contributed by atoms with E-state index < -0.39 is 11.8 Å². The Morgan fingerprint density at radius 1 is 1.15 bits per heavy atom. The third-order valence-corrected chi connectivity index (χ3v) is 3.21. The van der Waals surface area contributed by atoms with Gasteiger partial charge in [0, 0.05) is 5.56 Å². The fraction of sp³-hybridized carbons (Fsp3) is 0.188. The van der Waals surface area contributed by atoms with E-state index in [1.165, 1.54) is 18.2 Å². The van der Waals surface area contributed by atoms with E-state index in [2.05, 4.69) is 0 Å². The van der Waals surface area contributed by atoms with Crippen LogP contribution in [0.2, 0.25) is 0 Å². The number of benzene rings is 2. The summed E-state index contributed by atoms with van der Waals surface area (Å²) in [6, 6.07) is 10.8. The number of hydrogen-bond donors (Lipinski definition) is 1. The molecular formula is C16H13FO3. The molecule has 20 heavy (non-hydrogen) atoms. The standard InChI is InChI=1S/C16H13FO3/c17-15-8-3-11(16(18)19)9-14(15)10-1-4-12(5-2-10)20-13-6-7-13/h1-5,8-9,13H,6-7H2,(H,18,19). The Kier molecular flexibility index (Phi) is 3.14. The summed E-state index contributed by atoms with van der Waals surface area (Å²) < 4.78 is 19.4. The van der Waals surface area contributed by atoms with Gasteiger partial charge in [-0.25, -0.2) is 9.18 Å². The molecule has 102 valence electrons. The highest BCUT2D eigenvalue weighted by Gasteiger charge is 2.23. The number of carboxylic acids is 1. The molecule has 3 nitrogen and oxygen atoms in total. The summed E-state index contributed by atoms with van der Waals surface area (Å²) in [6.45, 7) is 0. The van der Waals surface area contributed by atoms with Gasteiger partial charge in [0.25, 0.3) is 0 Å². The van der Waals surface area contributed by atoms with Gasteiger partial charge in [0.2, 0.25) is 0 Å². The minimum Gasteiger partial charge on any atom is -0.490 e. The predicted octanol–water partition coefficient (Wildman–Crippen LogP) is 3.73. The van der Waals surface area contributed by atoms with E-state index in [-0.39, 0.29) is 11.1 Å². The first-order chi connectivity index (χ1) is 9.63. The molecule has 0 spiro atoms. The molecular weight excluding hydrogens is 259 g/mol. The molecule has 0 heterocycles. The van der Waals surface area contributed by atoms with Crippen LogP contribution >= 0.6 is 0 Å². The highest BCUT2D eigenvalue weighted by Crippen LogP contribution is 2.29. The van der Waals surface area contributed by atoms with Crippen LogP contribution in [0.1, 0.15) is 23.2 Å². The summed E-state index contributed by atoms with van der Waals surface area (Å²) in [5.74, 6) is -0.753. The smallest absolute Gasteiger partial charge is 0.335 e. The second-order valence-electron chi connectivity index (χ2n) is 4.84. The topological polar surface area (TPSA) is 46.5 Å². The maximum absolute atomic E-state index is 13.8. The zero-order chi connectivity index (χ0) is 14.1. The Morgan fingerprint density at radius 3 is 2.45 bits per heavy atom. The normalized spacial score (nSPS) is 14.1. The fourth-order valence-electron chi connectivity index (χ4n) is 1.97. The Morgan fingerprint density at radius 2 is 1.85 bits per heavy atom. The van der Waals surface area contributed by atoms with Crippen molar-refractivity contribution in [3.05, 3.63) is 53.8 Å². The summed E-state index contributed by atoms with van der Waals surface area (Å²) in [7, 11) is 0. The number of rotatable bonds is 4. The van der Waals surface area contributed by atoms with Gasteiger partial charge < -0.3 is 9.84 Å². The van der Waals surface area contributed by atoms with E-state index in [1.54, 1.807) is 24.3 Å². The van der Waals surface area contributed by atoms with E-state index in [0.29, 0.717) is 11.7 Å². The van der Waals surface area contributed by atoms with Crippen molar-refractivity contribution in [2.75, 3.05) is 0 Å². The minimum atomic E-state index is -1.07. The third-order valence-electron chi connectivity index (χ3n) is 3.21. The first-order valence-electron chi connectivity index (χ1n) is 6.43. The van der Waals surface area contributed by atoms with Gasteiger partial charge in [-0.3, -0.25) is 0 Å². The highest BCUT2D eigenvalue weighted by atomic mass is 19.1. The Bertz CT molecular complexity index is 645. The maximum Gasteiger partial charge on any atom is 0.335 e. The summed E-state index contributed by atoms with van der Waals surface area (Å²) in [5.41, 5.74) is 0.983. The lowest BCUT2D eigenvalue weighted by molar-refractivity contribution is 0.0697. The molecule has 2 aromatic carbocycles. The van der Waals surface area contributed by atoms with Crippen molar-refractivity contribution in [2.45, 2.75) is 18.9 Å². The van der Waals surface area contributed by atoms with E-state index in [9.17, 15) is 9.18 Å². The van der Waals surface area contributed by atoms with E-state index in [1.807, 2.05) is 0 Å². The number of carbonyl (C=O) groups is 1. The van der Waals surface area contributed by atoms with Gasteiger partial charge >= 0.3 is 5.97 Å². The maximum atomic E-state index is 13.8. The molecule has 4 heteroatoms. The molecule has 0 aliphatic heterocycles. The predicted molar refractivity (Wildman–Crippen MR) is 72.4 cm³/mol. The third kappa shape index (κ3) is 2.64.